The summed E-state index contributed by atoms with van der Waals surface area (Å²) in [4.78, 5) is 15.8. The van der Waals surface area contributed by atoms with Crippen LogP contribution in [0.4, 0.5) is 0 Å². The van der Waals surface area contributed by atoms with Gasteiger partial charge in [0.1, 0.15) is 17.0 Å². The fourth-order valence-electron chi connectivity index (χ4n) is 5.05. The predicted molar refractivity (Wildman–Crippen MR) is 137 cm³/mol. The van der Waals surface area contributed by atoms with E-state index in [4.69, 9.17) is 19.2 Å². The summed E-state index contributed by atoms with van der Waals surface area (Å²) in [5.41, 5.74) is 2.33. The van der Waals surface area contributed by atoms with Crippen molar-refractivity contribution < 1.29 is 24.2 Å². The molecule has 4 aromatic rings. The number of aliphatic hydroxyl groups is 1. The lowest BCUT2D eigenvalue weighted by molar-refractivity contribution is -0.139. The molecule has 6 heteroatoms. The summed E-state index contributed by atoms with van der Waals surface area (Å²) < 4.78 is 11.8. The van der Waals surface area contributed by atoms with Gasteiger partial charge in [0.15, 0.2) is 12.4 Å². The van der Waals surface area contributed by atoms with Gasteiger partial charge in [0, 0.05) is 17.0 Å². The first-order valence-electron chi connectivity index (χ1n) is 12.3. The molecule has 1 aliphatic rings. The van der Waals surface area contributed by atoms with Gasteiger partial charge in [-0.15, -0.1) is 0 Å². The van der Waals surface area contributed by atoms with Crippen LogP contribution in [0.25, 0.3) is 22.6 Å². The Morgan fingerprint density at radius 1 is 0.972 bits per heavy atom. The second kappa shape index (κ2) is 10.4. The lowest BCUT2D eigenvalue weighted by Crippen LogP contribution is -2.39. The molecule has 1 heterocycles. The molecule has 0 saturated heterocycles. The number of oxazole rings is 1. The Labute approximate surface area is 210 Å². The zero-order valence-electron chi connectivity index (χ0n) is 20.0. The van der Waals surface area contributed by atoms with E-state index >= 15 is 0 Å². The molecule has 0 spiro atoms. The van der Waals surface area contributed by atoms with Gasteiger partial charge in [-0.25, -0.2) is 9.78 Å². The number of rotatable bonds is 8. The second-order valence-corrected chi connectivity index (χ2v) is 9.33. The van der Waals surface area contributed by atoms with Crippen LogP contribution < -0.4 is 4.74 Å². The van der Waals surface area contributed by atoms with E-state index < -0.39 is 18.2 Å². The van der Waals surface area contributed by atoms with Gasteiger partial charge in [-0.1, -0.05) is 85.6 Å². The lowest BCUT2D eigenvalue weighted by Gasteiger charge is -2.37. The standard InChI is InChI=1S/C30H29NO5/c32-26(33)20-35-25-16-9-10-21(19-25)18-24-15-7-8-17-30(24,34)29-31-27(22-11-3-1-4-12-22)28(36-29)23-13-5-2-6-14-23/h1-6,9-14,16,19,24,34H,7-8,15,17-18,20H2,(H,32,33). The van der Waals surface area contributed by atoms with Gasteiger partial charge >= 0.3 is 5.97 Å². The zero-order chi connectivity index (χ0) is 25.0. The third kappa shape index (κ3) is 5.04. The van der Waals surface area contributed by atoms with Gasteiger partial charge in [0.25, 0.3) is 0 Å². The second-order valence-electron chi connectivity index (χ2n) is 9.33. The molecule has 2 N–H and O–H groups in total. The van der Waals surface area contributed by atoms with Gasteiger partial charge in [0.05, 0.1) is 0 Å². The molecule has 5 rings (SSSR count). The summed E-state index contributed by atoms with van der Waals surface area (Å²) in [6.07, 6.45) is 3.90. The maximum absolute atomic E-state index is 12.1. The summed E-state index contributed by atoms with van der Waals surface area (Å²) in [7, 11) is 0. The summed E-state index contributed by atoms with van der Waals surface area (Å²) in [5.74, 6) is 0.381. The van der Waals surface area contributed by atoms with Crippen LogP contribution in [0, 0.1) is 5.92 Å². The Kier molecular flexibility index (Phi) is 6.87. The van der Waals surface area contributed by atoms with E-state index in [0.29, 0.717) is 30.2 Å². The molecule has 1 aromatic heterocycles. The van der Waals surface area contributed by atoms with E-state index in [1.165, 1.54) is 0 Å². The minimum atomic E-state index is -1.22. The number of carboxylic acid groups (broad SMARTS) is 1. The van der Waals surface area contributed by atoms with E-state index in [9.17, 15) is 9.90 Å². The molecular formula is C30H29NO5. The van der Waals surface area contributed by atoms with Crippen LogP contribution in [0.15, 0.2) is 89.3 Å². The number of aliphatic carboxylic acids is 1. The van der Waals surface area contributed by atoms with Crippen LogP contribution >= 0.6 is 0 Å². The van der Waals surface area contributed by atoms with Crippen molar-refractivity contribution in [1.29, 1.82) is 0 Å². The largest absolute Gasteiger partial charge is 0.482 e. The molecule has 0 bridgehead atoms. The molecule has 0 amide bonds. The Balaban J connectivity index is 1.50. The molecule has 1 saturated carbocycles. The highest BCUT2D eigenvalue weighted by Crippen LogP contribution is 2.46. The summed E-state index contributed by atoms with van der Waals surface area (Å²) in [6.45, 7) is -0.391. The highest BCUT2D eigenvalue weighted by atomic mass is 16.5. The Morgan fingerprint density at radius 3 is 2.42 bits per heavy atom. The first kappa shape index (κ1) is 23.8. The van der Waals surface area contributed by atoms with Crippen LogP contribution in [-0.4, -0.2) is 27.8 Å². The number of ether oxygens (including phenoxy) is 1. The quantitative estimate of drug-likeness (QED) is 0.315. The zero-order valence-corrected chi connectivity index (χ0v) is 20.0. The van der Waals surface area contributed by atoms with Crippen LogP contribution in [0.5, 0.6) is 5.75 Å². The summed E-state index contributed by atoms with van der Waals surface area (Å²) >= 11 is 0. The molecule has 1 fully saturated rings. The summed E-state index contributed by atoms with van der Waals surface area (Å²) in [5, 5.41) is 21.0. The van der Waals surface area contributed by atoms with E-state index in [2.05, 4.69) is 0 Å². The number of nitrogens with zero attached hydrogens (tertiary/aromatic N) is 1. The third-order valence-electron chi connectivity index (χ3n) is 6.86. The number of hydrogen-bond donors (Lipinski definition) is 2. The smallest absolute Gasteiger partial charge is 0.341 e. The number of carbonyl (C=O) groups is 1. The molecule has 2 atom stereocenters. The molecule has 36 heavy (non-hydrogen) atoms. The van der Waals surface area contributed by atoms with Crippen LogP contribution in [-0.2, 0) is 16.8 Å². The number of aromatic nitrogens is 1. The number of benzene rings is 3. The predicted octanol–water partition coefficient (Wildman–Crippen LogP) is 6.09. The van der Waals surface area contributed by atoms with Crippen molar-refractivity contribution in [2.45, 2.75) is 37.7 Å². The Bertz CT molecular complexity index is 1260. The SMILES string of the molecule is O=C(O)COc1cccc(CC2CCCCC2(O)c2nc(-c3ccccc3)c(-c3ccccc3)o2)c1. The fraction of sp³-hybridized carbons (Fsp3) is 0.267. The lowest BCUT2D eigenvalue weighted by atomic mass is 9.72. The Hall–Kier alpha value is -3.90. The van der Waals surface area contributed by atoms with E-state index in [0.717, 1.165) is 41.6 Å². The minimum absolute atomic E-state index is 0.105. The number of hydrogen-bond acceptors (Lipinski definition) is 5. The number of carboxylic acids is 1. The average molecular weight is 484 g/mol. The van der Waals surface area contributed by atoms with Gasteiger partial charge in [-0.05, 0) is 37.0 Å². The molecule has 3 aromatic carbocycles. The van der Waals surface area contributed by atoms with Crippen LogP contribution in [0.1, 0.15) is 37.1 Å². The minimum Gasteiger partial charge on any atom is -0.482 e. The first-order chi connectivity index (χ1) is 17.5. The van der Waals surface area contributed by atoms with Crippen molar-refractivity contribution in [2.24, 2.45) is 5.92 Å². The molecule has 0 radical (unpaired) electrons. The highest BCUT2D eigenvalue weighted by Gasteiger charge is 2.45. The first-order valence-corrected chi connectivity index (χ1v) is 12.3. The van der Waals surface area contributed by atoms with Gasteiger partial charge in [0.2, 0.25) is 5.89 Å². The Morgan fingerprint density at radius 2 is 1.69 bits per heavy atom. The normalized spacial score (nSPS) is 19.6. The molecule has 184 valence electrons. The van der Waals surface area contributed by atoms with E-state index in [-0.39, 0.29) is 5.92 Å². The van der Waals surface area contributed by atoms with Gasteiger partial charge in [-0.2, -0.15) is 0 Å². The maximum Gasteiger partial charge on any atom is 0.341 e. The van der Waals surface area contributed by atoms with Gasteiger partial charge < -0.3 is 19.4 Å². The maximum atomic E-state index is 12.1. The van der Waals surface area contributed by atoms with E-state index in [1.807, 2.05) is 78.9 Å². The van der Waals surface area contributed by atoms with Crippen molar-refractivity contribution in [1.82, 2.24) is 4.98 Å². The molecule has 0 aliphatic heterocycles. The van der Waals surface area contributed by atoms with Crippen molar-refractivity contribution in [3.8, 4) is 28.3 Å². The molecule has 2 unspecified atom stereocenters. The monoisotopic (exact) mass is 483 g/mol. The fourth-order valence-corrected chi connectivity index (χ4v) is 5.05. The van der Waals surface area contributed by atoms with Crippen molar-refractivity contribution in [2.75, 3.05) is 6.61 Å². The molecule has 6 nitrogen and oxygen atoms in total. The van der Waals surface area contributed by atoms with Gasteiger partial charge in [-0.3, -0.25) is 0 Å². The van der Waals surface area contributed by atoms with Crippen molar-refractivity contribution in [3.05, 3.63) is 96.4 Å². The average Bonchev–Trinajstić information content (AvgIpc) is 3.37. The topological polar surface area (TPSA) is 92.8 Å². The van der Waals surface area contributed by atoms with Crippen molar-refractivity contribution in [3.63, 3.8) is 0 Å². The van der Waals surface area contributed by atoms with Crippen LogP contribution in [0.2, 0.25) is 0 Å². The third-order valence-corrected chi connectivity index (χ3v) is 6.86. The highest BCUT2D eigenvalue weighted by molar-refractivity contribution is 5.76. The van der Waals surface area contributed by atoms with Crippen molar-refractivity contribution >= 4 is 5.97 Å². The van der Waals surface area contributed by atoms with Crippen LogP contribution in [0.3, 0.4) is 0 Å². The molecule has 1 aliphatic carbocycles. The van der Waals surface area contributed by atoms with E-state index in [1.54, 1.807) is 6.07 Å². The summed E-state index contributed by atoms with van der Waals surface area (Å²) in [6, 6.07) is 27.2. The molecular weight excluding hydrogens is 454 g/mol.